The summed E-state index contributed by atoms with van der Waals surface area (Å²) in [6.07, 6.45) is 23.9. The van der Waals surface area contributed by atoms with E-state index in [0.29, 0.717) is 40.7 Å². The normalized spacial score (nSPS) is 39.1. The molecule has 7 rings (SSSR count). The van der Waals surface area contributed by atoms with Crippen molar-refractivity contribution in [1.82, 2.24) is 15.2 Å². The van der Waals surface area contributed by atoms with E-state index in [1.807, 2.05) is 0 Å². The Morgan fingerprint density at radius 1 is 0.927 bits per heavy atom. The number of hydrogen-bond acceptors (Lipinski definition) is 6. The molecule has 0 saturated heterocycles. The number of nitriles is 1. The zero-order chi connectivity index (χ0) is 39.3. The third-order valence-electron chi connectivity index (χ3n) is 17.7. The fourth-order valence-corrected chi connectivity index (χ4v) is 14.8. The van der Waals surface area contributed by atoms with Crippen LogP contribution < -0.4 is 10.1 Å². The van der Waals surface area contributed by atoms with Crippen molar-refractivity contribution < 1.29 is 14.6 Å². The molecule has 1 aromatic heterocycles. The monoisotopic (exact) mass is 753 g/mol. The van der Waals surface area contributed by atoms with E-state index in [2.05, 4.69) is 81.9 Å². The van der Waals surface area contributed by atoms with Gasteiger partial charge in [-0.05, 0) is 172 Å². The quantitative estimate of drug-likeness (QED) is 0.207. The standard InChI is InChI=1S/C48H72N4O3/c1-8-29-52(30-9-2)31-28-51-48-20-10-13-38(48)37-14-15-40-44(5)21-18-36(43(3,4)39(44)19-22-46(40,7)45(37,6)25-26-48)34-16-23-47(24-17-34,42(53)54)33-55-41-35(32-49)12-11-27-50-41/h11-12,16,18,27,37-40,51H,8-10,13-15,17,19-26,28-31,33H2,1-7H3,(H,53,54)/t37-,38-,39?,40?,44+,45-,46-,47?,48+/m1/s1. The zero-order valence-electron chi connectivity index (χ0n) is 35.4. The number of fused-ring (bicyclic) bond motifs is 7. The Morgan fingerprint density at radius 3 is 2.40 bits per heavy atom. The maximum Gasteiger partial charge on any atom is 0.313 e. The molecule has 4 fully saturated rings. The number of rotatable bonds is 13. The number of ether oxygens (including phenoxy) is 1. The van der Waals surface area contributed by atoms with Crippen LogP contribution in [0.4, 0.5) is 0 Å². The van der Waals surface area contributed by atoms with Gasteiger partial charge in [-0.15, -0.1) is 0 Å². The second-order valence-corrected chi connectivity index (χ2v) is 20.4. The summed E-state index contributed by atoms with van der Waals surface area (Å²) in [4.78, 5) is 19.7. The number of carboxylic acids is 1. The smallest absolute Gasteiger partial charge is 0.313 e. The number of aliphatic carboxylic acids is 1. The highest BCUT2D eigenvalue weighted by atomic mass is 16.5. The summed E-state index contributed by atoms with van der Waals surface area (Å²) in [5.74, 6) is 2.33. The molecule has 1 aromatic rings. The highest BCUT2D eigenvalue weighted by Gasteiger charge is 2.69. The molecular weight excluding hydrogens is 681 g/mol. The fourth-order valence-electron chi connectivity index (χ4n) is 14.8. The van der Waals surface area contributed by atoms with Crippen LogP contribution in [-0.2, 0) is 4.79 Å². The van der Waals surface area contributed by atoms with Gasteiger partial charge in [0.25, 0.3) is 0 Å². The minimum atomic E-state index is -1.03. The summed E-state index contributed by atoms with van der Waals surface area (Å²) < 4.78 is 5.95. The van der Waals surface area contributed by atoms with Crippen molar-refractivity contribution in [3.05, 3.63) is 47.2 Å². The molecule has 302 valence electrons. The fraction of sp³-hybridized carbons (Fsp3) is 0.771. The van der Waals surface area contributed by atoms with Gasteiger partial charge in [-0.2, -0.15) is 5.26 Å². The molecule has 7 heteroatoms. The Hall–Kier alpha value is -2.69. The van der Waals surface area contributed by atoms with Gasteiger partial charge in [0.1, 0.15) is 23.7 Å². The Balaban J connectivity index is 1.08. The van der Waals surface area contributed by atoms with Gasteiger partial charge in [-0.1, -0.05) is 67.0 Å². The van der Waals surface area contributed by atoms with Crippen molar-refractivity contribution >= 4 is 5.97 Å². The van der Waals surface area contributed by atoms with Crippen molar-refractivity contribution in [3.63, 3.8) is 0 Å². The Bertz CT molecular complexity index is 1690. The van der Waals surface area contributed by atoms with Crippen LogP contribution in [-0.4, -0.2) is 59.3 Å². The molecule has 4 saturated carbocycles. The van der Waals surface area contributed by atoms with E-state index in [9.17, 15) is 15.2 Å². The molecule has 6 aliphatic rings. The average molecular weight is 753 g/mol. The van der Waals surface area contributed by atoms with Crippen molar-refractivity contribution in [3.8, 4) is 11.9 Å². The number of aromatic nitrogens is 1. The summed E-state index contributed by atoms with van der Waals surface area (Å²) in [5.41, 5.74) is 3.46. The molecule has 55 heavy (non-hydrogen) atoms. The predicted octanol–water partition coefficient (Wildman–Crippen LogP) is 10.4. The number of carboxylic acid groups (broad SMARTS) is 1. The number of hydrogen-bond donors (Lipinski definition) is 2. The number of nitrogens with one attached hydrogen (secondary N) is 1. The SMILES string of the molecule is CCCN(CCC)CCN[C@]12CCC[C@@H]1[C@H]1CCC3[C@@]4(C)CC=C(C5=CCC(COc6ncccc6C#N)(C(=O)O)CC5)C(C)(C)C4CC[C@@]3(C)[C@]1(C)CC2. The van der Waals surface area contributed by atoms with Gasteiger partial charge in [0, 0.05) is 24.8 Å². The maximum atomic E-state index is 12.8. The van der Waals surface area contributed by atoms with E-state index in [0.717, 1.165) is 37.1 Å². The lowest BCUT2D eigenvalue weighted by molar-refractivity contribution is -0.218. The van der Waals surface area contributed by atoms with Crippen LogP contribution >= 0.6 is 0 Å². The van der Waals surface area contributed by atoms with Crippen LogP contribution in [0.1, 0.15) is 150 Å². The van der Waals surface area contributed by atoms with Crippen molar-refractivity contribution in [2.24, 2.45) is 50.7 Å². The first-order chi connectivity index (χ1) is 26.2. The van der Waals surface area contributed by atoms with Crippen LogP contribution in [0.3, 0.4) is 0 Å². The minimum absolute atomic E-state index is 0.00945. The molecule has 7 nitrogen and oxygen atoms in total. The summed E-state index contributed by atoms with van der Waals surface area (Å²) in [7, 11) is 0. The van der Waals surface area contributed by atoms with E-state index >= 15 is 0 Å². The molecule has 3 unspecified atom stereocenters. The van der Waals surface area contributed by atoms with E-state index in [-0.39, 0.29) is 23.3 Å². The van der Waals surface area contributed by atoms with E-state index < -0.39 is 11.4 Å². The third-order valence-corrected chi connectivity index (χ3v) is 17.7. The van der Waals surface area contributed by atoms with E-state index in [1.54, 1.807) is 18.3 Å². The molecule has 2 N–H and O–H groups in total. The summed E-state index contributed by atoms with van der Waals surface area (Å²) in [6, 6.07) is 5.47. The molecule has 0 aliphatic heterocycles. The number of pyridine rings is 1. The highest BCUT2D eigenvalue weighted by Crippen LogP contribution is 2.76. The number of carbonyl (C=O) groups is 1. The van der Waals surface area contributed by atoms with Crippen LogP contribution in [0.15, 0.2) is 41.6 Å². The Kier molecular flexibility index (Phi) is 11.2. The van der Waals surface area contributed by atoms with Crippen molar-refractivity contribution in [1.29, 1.82) is 5.26 Å². The van der Waals surface area contributed by atoms with Gasteiger partial charge in [0.2, 0.25) is 5.88 Å². The molecule has 1 heterocycles. The van der Waals surface area contributed by atoms with Gasteiger partial charge in [-0.25, -0.2) is 4.98 Å². The zero-order valence-corrected chi connectivity index (χ0v) is 35.4. The Morgan fingerprint density at radius 2 is 1.71 bits per heavy atom. The average Bonchev–Trinajstić information content (AvgIpc) is 3.59. The summed E-state index contributed by atoms with van der Waals surface area (Å²) >= 11 is 0. The lowest BCUT2D eigenvalue weighted by atomic mass is 9.33. The van der Waals surface area contributed by atoms with Gasteiger partial charge < -0.3 is 20.1 Å². The van der Waals surface area contributed by atoms with Gasteiger partial charge in [0.05, 0.1) is 0 Å². The maximum absolute atomic E-state index is 12.8. The Labute approximate surface area is 333 Å². The molecule has 9 atom stereocenters. The molecule has 6 aliphatic carbocycles. The first-order valence-electron chi connectivity index (χ1n) is 22.3. The molecule has 0 aromatic carbocycles. The summed E-state index contributed by atoms with van der Waals surface area (Å²) in [5, 5.41) is 24.3. The van der Waals surface area contributed by atoms with Crippen molar-refractivity contribution in [2.45, 2.75) is 150 Å². The van der Waals surface area contributed by atoms with Crippen LogP contribution in [0.25, 0.3) is 0 Å². The molecule has 0 radical (unpaired) electrons. The number of allylic oxidation sites excluding steroid dienone is 4. The minimum Gasteiger partial charge on any atom is -0.481 e. The van der Waals surface area contributed by atoms with Crippen LogP contribution in [0.2, 0.25) is 0 Å². The molecular formula is C48H72N4O3. The highest BCUT2D eigenvalue weighted by molar-refractivity contribution is 5.75. The van der Waals surface area contributed by atoms with Crippen molar-refractivity contribution in [2.75, 3.05) is 32.8 Å². The summed E-state index contributed by atoms with van der Waals surface area (Å²) in [6.45, 7) is 22.6. The topological polar surface area (TPSA) is 98.5 Å². The number of nitrogens with zero attached hydrogens (tertiary/aromatic N) is 3. The second kappa shape index (κ2) is 15.2. The molecule has 0 amide bonds. The van der Waals surface area contributed by atoms with Gasteiger partial charge >= 0.3 is 5.97 Å². The second-order valence-electron chi connectivity index (χ2n) is 20.4. The molecule has 0 bridgehead atoms. The van der Waals surface area contributed by atoms with Gasteiger partial charge in [-0.3, -0.25) is 4.79 Å². The van der Waals surface area contributed by atoms with Crippen LogP contribution in [0.5, 0.6) is 5.88 Å². The first kappa shape index (κ1) is 40.5. The third kappa shape index (κ3) is 6.62. The van der Waals surface area contributed by atoms with Crippen LogP contribution in [0, 0.1) is 62.1 Å². The first-order valence-corrected chi connectivity index (χ1v) is 22.3. The lowest BCUT2D eigenvalue weighted by Gasteiger charge is -2.72. The van der Waals surface area contributed by atoms with Gasteiger partial charge in [0.15, 0.2) is 0 Å². The molecule has 0 spiro atoms. The lowest BCUT2D eigenvalue weighted by Crippen LogP contribution is -2.67. The van der Waals surface area contributed by atoms with E-state index in [4.69, 9.17) is 4.74 Å². The largest absolute Gasteiger partial charge is 0.481 e. The predicted molar refractivity (Wildman–Crippen MR) is 221 cm³/mol. The van der Waals surface area contributed by atoms with E-state index in [1.165, 1.54) is 101 Å².